The first-order valence-corrected chi connectivity index (χ1v) is 9.21. The summed E-state index contributed by atoms with van der Waals surface area (Å²) in [5, 5.41) is 20.3. The lowest BCUT2D eigenvalue weighted by molar-refractivity contribution is -0.384. The molecular formula is C22H22N4O3. The van der Waals surface area contributed by atoms with Gasteiger partial charge in [0.15, 0.2) is 0 Å². The van der Waals surface area contributed by atoms with Crippen molar-refractivity contribution in [3.05, 3.63) is 94.5 Å². The van der Waals surface area contributed by atoms with E-state index in [9.17, 15) is 14.9 Å². The zero-order valence-electron chi connectivity index (χ0n) is 16.0. The van der Waals surface area contributed by atoms with Gasteiger partial charge in [-0.1, -0.05) is 48.5 Å². The number of non-ortho nitro benzene ring substituents is 1. The quantitative estimate of drug-likeness (QED) is 0.385. The van der Waals surface area contributed by atoms with Crippen LogP contribution in [0.1, 0.15) is 18.5 Å². The van der Waals surface area contributed by atoms with Crippen molar-refractivity contribution in [2.45, 2.75) is 13.0 Å². The van der Waals surface area contributed by atoms with E-state index in [1.807, 2.05) is 67.6 Å². The van der Waals surface area contributed by atoms with Gasteiger partial charge in [-0.2, -0.15) is 0 Å². The minimum Gasteiger partial charge on any atom is -0.374 e. The Hall–Kier alpha value is -3.87. The van der Waals surface area contributed by atoms with Crippen LogP contribution in [0.5, 0.6) is 0 Å². The minimum absolute atomic E-state index is 0.0121. The summed E-state index contributed by atoms with van der Waals surface area (Å²) in [6.45, 7) is 1.89. The molecular weight excluding hydrogens is 368 g/mol. The summed E-state index contributed by atoms with van der Waals surface area (Å²) < 4.78 is 0. The minimum atomic E-state index is -0.463. The van der Waals surface area contributed by atoms with Gasteiger partial charge >= 0.3 is 0 Å². The second-order valence-electron chi connectivity index (χ2n) is 6.53. The molecule has 1 amide bonds. The summed E-state index contributed by atoms with van der Waals surface area (Å²) in [6, 6.07) is 23.4. The summed E-state index contributed by atoms with van der Waals surface area (Å²) >= 11 is 0. The van der Waals surface area contributed by atoms with Crippen molar-refractivity contribution in [2.75, 3.05) is 17.2 Å². The predicted octanol–water partition coefficient (Wildman–Crippen LogP) is 4.63. The fourth-order valence-corrected chi connectivity index (χ4v) is 2.87. The van der Waals surface area contributed by atoms with Gasteiger partial charge in [0.1, 0.15) is 0 Å². The average Bonchev–Trinajstić information content (AvgIpc) is 2.74. The lowest BCUT2D eigenvalue weighted by Crippen LogP contribution is -2.32. The maximum Gasteiger partial charge on any atom is 0.271 e. The Bertz CT molecular complexity index is 978. The van der Waals surface area contributed by atoms with Crippen molar-refractivity contribution in [1.82, 2.24) is 5.32 Å². The molecule has 0 aliphatic carbocycles. The molecule has 0 heterocycles. The van der Waals surface area contributed by atoms with Crippen LogP contribution in [0.15, 0.2) is 78.9 Å². The van der Waals surface area contributed by atoms with Crippen LogP contribution in [-0.4, -0.2) is 17.4 Å². The number of carbonyl (C=O) groups is 1. The molecule has 1 atom stereocenters. The Labute approximate surface area is 168 Å². The maximum atomic E-state index is 12.4. The van der Waals surface area contributed by atoms with Crippen LogP contribution >= 0.6 is 0 Å². The molecule has 3 aromatic rings. The third kappa shape index (κ3) is 5.55. The molecule has 0 aliphatic heterocycles. The van der Waals surface area contributed by atoms with Gasteiger partial charge in [-0.05, 0) is 30.7 Å². The highest BCUT2D eigenvalue weighted by molar-refractivity contribution is 5.84. The van der Waals surface area contributed by atoms with E-state index in [1.165, 1.54) is 12.1 Å². The van der Waals surface area contributed by atoms with Crippen LogP contribution in [-0.2, 0) is 4.79 Å². The van der Waals surface area contributed by atoms with Crippen LogP contribution < -0.4 is 16.0 Å². The van der Waals surface area contributed by atoms with Crippen molar-refractivity contribution >= 4 is 28.7 Å². The monoisotopic (exact) mass is 390 g/mol. The third-order valence-electron chi connectivity index (χ3n) is 4.38. The molecule has 0 bridgehead atoms. The molecule has 0 aromatic heterocycles. The number of amides is 1. The van der Waals surface area contributed by atoms with Gasteiger partial charge in [0, 0.05) is 17.8 Å². The van der Waals surface area contributed by atoms with Gasteiger partial charge in [0.2, 0.25) is 5.91 Å². The van der Waals surface area contributed by atoms with Crippen molar-refractivity contribution in [3.8, 4) is 0 Å². The molecule has 7 heteroatoms. The summed E-state index contributed by atoms with van der Waals surface area (Å²) in [5.41, 5.74) is 2.91. The van der Waals surface area contributed by atoms with Gasteiger partial charge in [-0.15, -0.1) is 0 Å². The smallest absolute Gasteiger partial charge is 0.271 e. The number of rotatable bonds is 8. The molecule has 3 rings (SSSR count). The number of nitro benzene ring substituents is 1. The number of nitro groups is 1. The summed E-state index contributed by atoms with van der Waals surface area (Å²) in [6.07, 6.45) is 0. The normalized spacial score (nSPS) is 11.3. The largest absolute Gasteiger partial charge is 0.374 e. The number of para-hydroxylation sites is 1. The first-order chi connectivity index (χ1) is 14.0. The summed E-state index contributed by atoms with van der Waals surface area (Å²) in [7, 11) is 0. The highest BCUT2D eigenvalue weighted by atomic mass is 16.6. The lowest BCUT2D eigenvalue weighted by Gasteiger charge is -2.16. The third-order valence-corrected chi connectivity index (χ3v) is 4.38. The number of carbonyl (C=O) groups excluding carboxylic acids is 1. The Kier molecular flexibility index (Phi) is 6.42. The Balaban J connectivity index is 1.70. The van der Waals surface area contributed by atoms with Gasteiger partial charge < -0.3 is 16.0 Å². The standard InChI is InChI=1S/C22H22N4O3/c1-16(17-8-4-2-5-9-17)24-22(27)15-23-21-14-19(26(28)29)12-13-20(21)25-18-10-6-3-7-11-18/h2-14,16,23,25H,15H2,1H3,(H,24,27)/t16-/m0/s1. The van der Waals surface area contributed by atoms with Crippen LogP contribution in [0.3, 0.4) is 0 Å². The summed E-state index contributed by atoms with van der Waals surface area (Å²) in [5.74, 6) is -0.210. The Morgan fingerprint density at radius 2 is 1.62 bits per heavy atom. The van der Waals surface area contributed by atoms with Gasteiger partial charge in [0.25, 0.3) is 5.69 Å². The molecule has 148 valence electrons. The fourth-order valence-electron chi connectivity index (χ4n) is 2.87. The number of nitrogens with zero attached hydrogens (tertiary/aromatic N) is 1. The number of nitrogens with one attached hydrogen (secondary N) is 3. The van der Waals surface area contributed by atoms with Crippen LogP contribution in [0.25, 0.3) is 0 Å². The maximum absolute atomic E-state index is 12.4. The number of hydrogen-bond donors (Lipinski definition) is 3. The van der Waals surface area contributed by atoms with Crippen molar-refractivity contribution in [1.29, 1.82) is 0 Å². The summed E-state index contributed by atoms with van der Waals surface area (Å²) in [4.78, 5) is 23.0. The SMILES string of the molecule is C[C@H](NC(=O)CNc1cc([N+](=O)[O-])ccc1Nc1ccccc1)c1ccccc1. The topological polar surface area (TPSA) is 96.3 Å². The van der Waals surface area contributed by atoms with E-state index in [1.54, 1.807) is 6.07 Å². The fraction of sp³-hybridized carbons (Fsp3) is 0.136. The van der Waals surface area contributed by atoms with E-state index in [-0.39, 0.29) is 24.2 Å². The second-order valence-corrected chi connectivity index (χ2v) is 6.53. The van der Waals surface area contributed by atoms with Gasteiger partial charge in [-0.3, -0.25) is 14.9 Å². The first kappa shape index (κ1) is 19.9. The van der Waals surface area contributed by atoms with E-state index in [2.05, 4.69) is 16.0 Å². The van der Waals surface area contributed by atoms with E-state index >= 15 is 0 Å². The highest BCUT2D eigenvalue weighted by Gasteiger charge is 2.13. The van der Waals surface area contributed by atoms with Crippen molar-refractivity contribution in [2.24, 2.45) is 0 Å². The molecule has 29 heavy (non-hydrogen) atoms. The van der Waals surface area contributed by atoms with Gasteiger partial charge in [0.05, 0.1) is 28.9 Å². The number of benzene rings is 3. The van der Waals surface area contributed by atoms with Crippen molar-refractivity contribution in [3.63, 3.8) is 0 Å². The zero-order valence-corrected chi connectivity index (χ0v) is 16.0. The van der Waals surface area contributed by atoms with E-state index < -0.39 is 4.92 Å². The Morgan fingerprint density at radius 1 is 0.966 bits per heavy atom. The molecule has 3 aromatic carbocycles. The molecule has 0 spiro atoms. The molecule has 7 nitrogen and oxygen atoms in total. The van der Waals surface area contributed by atoms with Crippen LogP contribution in [0.4, 0.5) is 22.7 Å². The Morgan fingerprint density at radius 3 is 2.28 bits per heavy atom. The zero-order chi connectivity index (χ0) is 20.6. The predicted molar refractivity (Wildman–Crippen MR) is 114 cm³/mol. The van der Waals surface area contributed by atoms with Crippen LogP contribution in [0, 0.1) is 10.1 Å². The molecule has 0 saturated heterocycles. The highest BCUT2D eigenvalue weighted by Crippen LogP contribution is 2.29. The second kappa shape index (κ2) is 9.36. The van der Waals surface area contributed by atoms with Crippen LogP contribution in [0.2, 0.25) is 0 Å². The number of hydrogen-bond acceptors (Lipinski definition) is 5. The molecule has 0 unspecified atom stereocenters. The number of anilines is 3. The molecule has 0 saturated carbocycles. The van der Waals surface area contributed by atoms with Crippen molar-refractivity contribution < 1.29 is 9.72 Å². The molecule has 0 radical (unpaired) electrons. The van der Waals surface area contributed by atoms with E-state index in [4.69, 9.17) is 0 Å². The molecule has 0 aliphatic rings. The average molecular weight is 390 g/mol. The molecule has 3 N–H and O–H groups in total. The van der Waals surface area contributed by atoms with Gasteiger partial charge in [-0.25, -0.2) is 0 Å². The lowest BCUT2D eigenvalue weighted by atomic mass is 10.1. The first-order valence-electron chi connectivity index (χ1n) is 9.21. The van der Waals surface area contributed by atoms with E-state index in [0.717, 1.165) is 11.3 Å². The molecule has 0 fully saturated rings. The van der Waals surface area contributed by atoms with E-state index in [0.29, 0.717) is 11.4 Å².